The van der Waals surface area contributed by atoms with Crippen molar-refractivity contribution in [2.75, 3.05) is 16.4 Å². The molecule has 158 valence electrons. The Labute approximate surface area is 193 Å². The monoisotopic (exact) mass is 467 g/mol. The summed E-state index contributed by atoms with van der Waals surface area (Å²) in [5, 5.41) is 17.9. The SMILES string of the molecule is CC1CCc2c(sc(NC(=O)CSc3cccc(NC(=O)c4cccs4)c3)c2C#N)C1. The molecule has 0 spiro atoms. The normalized spacial score (nSPS) is 15.0. The predicted octanol–water partition coefficient (Wildman–Crippen LogP) is 5.79. The van der Waals surface area contributed by atoms with Crippen molar-refractivity contribution in [1.82, 2.24) is 0 Å². The van der Waals surface area contributed by atoms with Crippen molar-refractivity contribution >= 4 is 56.9 Å². The van der Waals surface area contributed by atoms with Gasteiger partial charge in [0.05, 0.1) is 16.2 Å². The first-order valence-corrected chi connectivity index (χ1v) is 12.6. The summed E-state index contributed by atoms with van der Waals surface area (Å²) in [6.45, 7) is 2.22. The zero-order valence-corrected chi connectivity index (χ0v) is 19.4. The quantitative estimate of drug-likeness (QED) is 0.450. The van der Waals surface area contributed by atoms with Gasteiger partial charge in [0, 0.05) is 15.5 Å². The van der Waals surface area contributed by atoms with Gasteiger partial charge in [0.15, 0.2) is 0 Å². The van der Waals surface area contributed by atoms with Crippen LogP contribution in [0.4, 0.5) is 10.7 Å². The van der Waals surface area contributed by atoms with Gasteiger partial charge in [-0.2, -0.15) is 5.26 Å². The van der Waals surface area contributed by atoms with E-state index in [1.165, 1.54) is 39.3 Å². The Balaban J connectivity index is 1.36. The van der Waals surface area contributed by atoms with Crippen LogP contribution in [0.15, 0.2) is 46.7 Å². The molecule has 0 saturated heterocycles. The zero-order chi connectivity index (χ0) is 21.8. The van der Waals surface area contributed by atoms with Gasteiger partial charge < -0.3 is 10.6 Å². The van der Waals surface area contributed by atoms with E-state index in [4.69, 9.17) is 0 Å². The van der Waals surface area contributed by atoms with Gasteiger partial charge in [-0.05, 0) is 60.4 Å². The van der Waals surface area contributed by atoms with Crippen LogP contribution in [0.5, 0.6) is 0 Å². The van der Waals surface area contributed by atoms with Crippen molar-refractivity contribution in [3.8, 4) is 6.07 Å². The fourth-order valence-corrected chi connectivity index (χ4v) is 6.28. The second-order valence-corrected chi connectivity index (χ2v) is 10.6. The number of carbonyl (C=O) groups is 2. The van der Waals surface area contributed by atoms with Gasteiger partial charge in [-0.1, -0.05) is 19.1 Å². The number of nitrogens with one attached hydrogen (secondary N) is 2. The van der Waals surface area contributed by atoms with Crippen LogP contribution in [0.2, 0.25) is 0 Å². The summed E-state index contributed by atoms with van der Waals surface area (Å²) in [5.74, 6) is 0.562. The zero-order valence-electron chi connectivity index (χ0n) is 16.9. The second kappa shape index (κ2) is 9.69. The maximum atomic E-state index is 12.5. The first-order chi connectivity index (χ1) is 15.0. The highest BCUT2D eigenvalue weighted by atomic mass is 32.2. The molecular formula is C23H21N3O2S3. The number of thioether (sulfide) groups is 1. The Kier molecular flexibility index (Phi) is 6.76. The predicted molar refractivity (Wildman–Crippen MR) is 128 cm³/mol. The fourth-order valence-electron chi connectivity index (χ4n) is 3.53. The topological polar surface area (TPSA) is 82.0 Å². The third-order valence-electron chi connectivity index (χ3n) is 5.08. The van der Waals surface area contributed by atoms with E-state index in [0.29, 0.717) is 27.0 Å². The molecule has 0 aliphatic heterocycles. The summed E-state index contributed by atoms with van der Waals surface area (Å²) >= 11 is 4.32. The fraction of sp³-hybridized carbons (Fsp3) is 0.261. The third-order valence-corrected chi connectivity index (χ3v) is 8.12. The van der Waals surface area contributed by atoms with Crippen LogP contribution in [-0.4, -0.2) is 17.6 Å². The molecule has 3 aromatic rings. The first kappa shape index (κ1) is 21.6. The van der Waals surface area contributed by atoms with E-state index in [9.17, 15) is 14.9 Å². The average molecular weight is 468 g/mol. The highest BCUT2D eigenvalue weighted by Crippen LogP contribution is 2.39. The van der Waals surface area contributed by atoms with Gasteiger partial charge in [-0.15, -0.1) is 34.4 Å². The molecule has 0 bridgehead atoms. The smallest absolute Gasteiger partial charge is 0.265 e. The summed E-state index contributed by atoms with van der Waals surface area (Å²) < 4.78 is 0. The number of hydrogen-bond donors (Lipinski definition) is 2. The molecule has 2 N–H and O–H groups in total. The number of thiophene rings is 2. The molecule has 1 aliphatic rings. The number of anilines is 2. The number of nitrogens with zero attached hydrogens (tertiary/aromatic N) is 1. The Hall–Kier alpha value is -2.60. The lowest BCUT2D eigenvalue weighted by atomic mass is 9.89. The van der Waals surface area contributed by atoms with Crippen molar-refractivity contribution in [3.63, 3.8) is 0 Å². The minimum absolute atomic E-state index is 0.138. The van der Waals surface area contributed by atoms with Crippen LogP contribution in [0.1, 0.15) is 39.0 Å². The van der Waals surface area contributed by atoms with E-state index in [1.807, 2.05) is 35.7 Å². The first-order valence-electron chi connectivity index (χ1n) is 9.95. The van der Waals surface area contributed by atoms with Crippen LogP contribution < -0.4 is 10.6 Å². The van der Waals surface area contributed by atoms with Gasteiger partial charge in [-0.3, -0.25) is 9.59 Å². The van der Waals surface area contributed by atoms with E-state index in [1.54, 1.807) is 6.07 Å². The molecule has 1 aliphatic carbocycles. The van der Waals surface area contributed by atoms with Crippen molar-refractivity contribution in [3.05, 3.63) is 62.7 Å². The molecule has 2 heterocycles. The number of hydrogen-bond acceptors (Lipinski definition) is 6. The number of amides is 2. The second-order valence-electron chi connectivity index (χ2n) is 7.46. The lowest BCUT2D eigenvalue weighted by molar-refractivity contribution is -0.113. The number of rotatable bonds is 6. The standard InChI is InChI=1S/C23H21N3O2S3/c1-14-7-8-17-18(12-24)23(31-20(17)10-14)26-21(27)13-30-16-5-2-4-15(11-16)25-22(28)19-6-3-9-29-19/h2-6,9,11,14H,7-8,10,13H2,1H3,(H,25,28)(H,26,27). The number of nitriles is 1. The summed E-state index contributed by atoms with van der Waals surface area (Å²) in [6.07, 6.45) is 2.97. The Morgan fingerprint density at radius 3 is 2.90 bits per heavy atom. The summed E-state index contributed by atoms with van der Waals surface area (Å²) in [7, 11) is 0. The molecule has 31 heavy (non-hydrogen) atoms. The summed E-state index contributed by atoms with van der Waals surface area (Å²) in [6, 6.07) is 13.3. The molecule has 0 radical (unpaired) electrons. The minimum Gasteiger partial charge on any atom is -0.321 e. The maximum absolute atomic E-state index is 12.5. The molecule has 0 saturated carbocycles. The molecule has 1 unspecified atom stereocenters. The molecule has 2 aromatic heterocycles. The molecule has 1 aromatic carbocycles. The minimum atomic E-state index is -0.144. The highest BCUT2D eigenvalue weighted by molar-refractivity contribution is 8.00. The van der Waals surface area contributed by atoms with Crippen molar-refractivity contribution in [2.45, 2.75) is 31.1 Å². The highest BCUT2D eigenvalue weighted by Gasteiger charge is 2.24. The summed E-state index contributed by atoms with van der Waals surface area (Å²) in [5.41, 5.74) is 2.43. The lowest BCUT2D eigenvalue weighted by Gasteiger charge is -2.17. The average Bonchev–Trinajstić information content (AvgIpc) is 3.40. The lowest BCUT2D eigenvalue weighted by Crippen LogP contribution is -2.14. The molecule has 2 amide bonds. The Morgan fingerprint density at radius 2 is 2.13 bits per heavy atom. The van der Waals surface area contributed by atoms with E-state index in [2.05, 4.69) is 23.6 Å². The van der Waals surface area contributed by atoms with Gasteiger partial charge in [-0.25, -0.2) is 0 Å². The van der Waals surface area contributed by atoms with E-state index in [0.717, 1.165) is 29.7 Å². The van der Waals surface area contributed by atoms with Crippen molar-refractivity contribution < 1.29 is 9.59 Å². The van der Waals surface area contributed by atoms with Gasteiger partial charge in [0.2, 0.25) is 5.91 Å². The maximum Gasteiger partial charge on any atom is 0.265 e. The number of fused-ring (bicyclic) bond motifs is 1. The van der Waals surface area contributed by atoms with Crippen LogP contribution in [0.3, 0.4) is 0 Å². The van der Waals surface area contributed by atoms with Crippen LogP contribution in [-0.2, 0) is 17.6 Å². The Bertz CT molecular complexity index is 1150. The summed E-state index contributed by atoms with van der Waals surface area (Å²) in [4.78, 5) is 27.5. The van der Waals surface area contributed by atoms with Crippen LogP contribution in [0, 0.1) is 17.2 Å². The largest absolute Gasteiger partial charge is 0.321 e. The molecule has 1 atom stereocenters. The van der Waals surface area contributed by atoms with Gasteiger partial charge >= 0.3 is 0 Å². The number of carbonyl (C=O) groups excluding carboxylic acids is 2. The molecule has 0 fully saturated rings. The van der Waals surface area contributed by atoms with Gasteiger partial charge in [0.25, 0.3) is 5.91 Å². The van der Waals surface area contributed by atoms with Gasteiger partial charge in [0.1, 0.15) is 11.1 Å². The molecule has 4 rings (SSSR count). The van der Waals surface area contributed by atoms with Crippen molar-refractivity contribution in [2.24, 2.45) is 5.92 Å². The van der Waals surface area contributed by atoms with E-state index in [-0.39, 0.29) is 17.6 Å². The third kappa shape index (κ3) is 5.18. The Morgan fingerprint density at radius 1 is 1.26 bits per heavy atom. The number of benzene rings is 1. The van der Waals surface area contributed by atoms with Crippen LogP contribution >= 0.6 is 34.4 Å². The molecular weight excluding hydrogens is 446 g/mol. The van der Waals surface area contributed by atoms with Crippen molar-refractivity contribution in [1.29, 1.82) is 5.26 Å². The molecule has 5 nitrogen and oxygen atoms in total. The molecule has 8 heteroatoms. The van der Waals surface area contributed by atoms with E-state index >= 15 is 0 Å². The van der Waals surface area contributed by atoms with Crippen LogP contribution in [0.25, 0.3) is 0 Å². The van der Waals surface area contributed by atoms with E-state index < -0.39 is 0 Å².